The van der Waals surface area contributed by atoms with E-state index in [1.54, 1.807) is 18.3 Å². The molecule has 3 rings (SSSR count). The van der Waals surface area contributed by atoms with E-state index in [1.165, 1.54) is 25.9 Å². The first-order valence-corrected chi connectivity index (χ1v) is 10.6. The van der Waals surface area contributed by atoms with E-state index in [2.05, 4.69) is 15.2 Å². The lowest BCUT2D eigenvalue weighted by Gasteiger charge is -2.31. The molecule has 1 N–H and O–H groups in total. The number of hydrogen-bond donors (Lipinski definition) is 1. The number of nitrogens with zero attached hydrogens (tertiary/aromatic N) is 3. The molecular weight excluding hydrogens is 356 g/mol. The predicted octanol–water partition coefficient (Wildman–Crippen LogP) is 1.93. The topological polar surface area (TPSA) is 74.8 Å². The Bertz CT molecular complexity index is 636. The lowest BCUT2D eigenvalue weighted by Crippen LogP contribution is -2.43. The maximum absolute atomic E-state index is 12.6. The van der Waals surface area contributed by atoms with Crippen molar-refractivity contribution in [2.75, 3.05) is 45.9 Å². The van der Waals surface area contributed by atoms with Gasteiger partial charge in [-0.15, -0.1) is 0 Å². The molecule has 0 radical (unpaired) electrons. The monoisotopic (exact) mass is 388 g/mol. The summed E-state index contributed by atoms with van der Waals surface area (Å²) >= 11 is 0. The van der Waals surface area contributed by atoms with Gasteiger partial charge in [0.1, 0.15) is 0 Å². The van der Waals surface area contributed by atoms with E-state index in [0.717, 1.165) is 19.5 Å². The number of rotatable bonds is 8. The van der Waals surface area contributed by atoms with Gasteiger partial charge in [-0.3, -0.25) is 9.59 Å². The highest BCUT2D eigenvalue weighted by atomic mass is 16.5. The van der Waals surface area contributed by atoms with Crippen molar-refractivity contribution in [2.24, 2.45) is 5.92 Å². The molecule has 2 amide bonds. The summed E-state index contributed by atoms with van der Waals surface area (Å²) < 4.78 is 5.31. The molecule has 2 aliphatic heterocycles. The number of ether oxygens (including phenoxy) is 1. The van der Waals surface area contributed by atoms with Gasteiger partial charge in [0, 0.05) is 37.8 Å². The second kappa shape index (κ2) is 10.4. The molecule has 2 aliphatic rings. The summed E-state index contributed by atoms with van der Waals surface area (Å²) in [5, 5.41) is 3.08. The fourth-order valence-corrected chi connectivity index (χ4v) is 3.93. The Morgan fingerprint density at radius 2 is 1.93 bits per heavy atom. The molecule has 0 spiro atoms. The van der Waals surface area contributed by atoms with Gasteiger partial charge < -0.3 is 19.9 Å². The molecule has 0 atom stereocenters. The minimum absolute atomic E-state index is 0.00860. The van der Waals surface area contributed by atoms with Crippen LogP contribution in [-0.4, -0.2) is 72.5 Å². The molecule has 1 aromatic rings. The number of nitrogens with one attached hydrogen (secondary N) is 1. The van der Waals surface area contributed by atoms with E-state index in [1.807, 2.05) is 11.8 Å². The van der Waals surface area contributed by atoms with E-state index >= 15 is 0 Å². The third-order valence-electron chi connectivity index (χ3n) is 5.58. The van der Waals surface area contributed by atoms with E-state index in [-0.39, 0.29) is 17.7 Å². The van der Waals surface area contributed by atoms with Crippen molar-refractivity contribution in [1.29, 1.82) is 0 Å². The van der Waals surface area contributed by atoms with E-state index in [0.29, 0.717) is 44.0 Å². The lowest BCUT2D eigenvalue weighted by molar-refractivity contribution is -0.126. The molecule has 1 aromatic heterocycles. The molecule has 0 aromatic carbocycles. The zero-order chi connectivity index (χ0) is 19.8. The van der Waals surface area contributed by atoms with Gasteiger partial charge in [-0.05, 0) is 64.7 Å². The number of carbonyl (C=O) groups is 2. The summed E-state index contributed by atoms with van der Waals surface area (Å²) in [6.45, 7) is 7.88. The second-order valence-electron chi connectivity index (χ2n) is 7.58. The number of piperidine rings is 1. The average molecular weight is 389 g/mol. The first-order valence-electron chi connectivity index (χ1n) is 10.6. The van der Waals surface area contributed by atoms with Gasteiger partial charge in [0.05, 0.1) is 12.2 Å². The first kappa shape index (κ1) is 20.6. The van der Waals surface area contributed by atoms with Crippen molar-refractivity contribution in [3.05, 3.63) is 23.9 Å². The van der Waals surface area contributed by atoms with E-state index < -0.39 is 0 Å². The highest BCUT2D eigenvalue weighted by molar-refractivity contribution is 5.94. The Morgan fingerprint density at radius 3 is 2.57 bits per heavy atom. The van der Waals surface area contributed by atoms with Gasteiger partial charge in [0.2, 0.25) is 11.8 Å². The normalized spacial score (nSPS) is 18.2. The van der Waals surface area contributed by atoms with Gasteiger partial charge in [-0.1, -0.05) is 0 Å². The molecule has 0 aliphatic carbocycles. The van der Waals surface area contributed by atoms with Gasteiger partial charge in [0.15, 0.2) is 0 Å². The Kier molecular flexibility index (Phi) is 7.65. The third kappa shape index (κ3) is 5.67. The maximum atomic E-state index is 12.6. The number of carbonyl (C=O) groups excluding carboxylic acids is 2. The SMILES string of the molecule is CCOc1ccc(C(=O)N2CCC(C(=O)NCCCN3CCCC3)CC2)cn1. The van der Waals surface area contributed by atoms with Crippen molar-refractivity contribution in [2.45, 2.75) is 39.0 Å². The van der Waals surface area contributed by atoms with Gasteiger partial charge in [-0.25, -0.2) is 4.98 Å². The summed E-state index contributed by atoms with van der Waals surface area (Å²) in [6, 6.07) is 3.47. The molecule has 7 nitrogen and oxygen atoms in total. The van der Waals surface area contributed by atoms with Gasteiger partial charge in [0.25, 0.3) is 5.91 Å². The Hall–Kier alpha value is -2.15. The van der Waals surface area contributed by atoms with Crippen LogP contribution in [0.25, 0.3) is 0 Å². The fourth-order valence-electron chi connectivity index (χ4n) is 3.93. The van der Waals surface area contributed by atoms with Gasteiger partial charge >= 0.3 is 0 Å². The van der Waals surface area contributed by atoms with Crippen molar-refractivity contribution in [1.82, 2.24) is 20.1 Å². The molecule has 2 saturated heterocycles. The molecular formula is C21H32N4O3. The number of likely N-dealkylation sites (tertiary alicyclic amines) is 2. The smallest absolute Gasteiger partial charge is 0.255 e. The summed E-state index contributed by atoms with van der Waals surface area (Å²) in [6.07, 6.45) is 6.61. The van der Waals surface area contributed by atoms with Crippen LogP contribution in [0.3, 0.4) is 0 Å². The third-order valence-corrected chi connectivity index (χ3v) is 5.58. The quantitative estimate of drug-likeness (QED) is 0.689. The van der Waals surface area contributed by atoms with Crippen LogP contribution in [0.4, 0.5) is 0 Å². The molecule has 3 heterocycles. The van der Waals surface area contributed by atoms with Crippen molar-refractivity contribution >= 4 is 11.8 Å². The first-order chi connectivity index (χ1) is 13.7. The minimum atomic E-state index is -0.0278. The van der Waals surface area contributed by atoms with Crippen LogP contribution in [0.1, 0.15) is 49.4 Å². The lowest BCUT2D eigenvalue weighted by atomic mass is 9.95. The van der Waals surface area contributed by atoms with Crippen molar-refractivity contribution in [3.8, 4) is 5.88 Å². The van der Waals surface area contributed by atoms with Crippen LogP contribution in [0.5, 0.6) is 5.88 Å². The molecule has 154 valence electrons. The Balaban J connectivity index is 1.37. The van der Waals surface area contributed by atoms with Crippen LogP contribution in [-0.2, 0) is 4.79 Å². The molecule has 2 fully saturated rings. The summed E-state index contributed by atoms with van der Waals surface area (Å²) in [7, 11) is 0. The number of hydrogen-bond acceptors (Lipinski definition) is 5. The van der Waals surface area contributed by atoms with Crippen LogP contribution < -0.4 is 10.1 Å². The van der Waals surface area contributed by atoms with Crippen LogP contribution in [0.2, 0.25) is 0 Å². The minimum Gasteiger partial charge on any atom is -0.478 e. The number of aromatic nitrogens is 1. The molecule has 0 bridgehead atoms. The van der Waals surface area contributed by atoms with Crippen LogP contribution in [0.15, 0.2) is 18.3 Å². The zero-order valence-electron chi connectivity index (χ0n) is 16.9. The summed E-state index contributed by atoms with van der Waals surface area (Å²) in [4.78, 5) is 33.4. The highest BCUT2D eigenvalue weighted by Crippen LogP contribution is 2.20. The molecule has 7 heteroatoms. The average Bonchev–Trinajstić information content (AvgIpc) is 3.25. The number of amides is 2. The van der Waals surface area contributed by atoms with E-state index in [9.17, 15) is 9.59 Å². The standard InChI is InChI=1S/C21H32N4O3/c1-2-28-19-7-6-18(16-23-19)21(27)25-14-8-17(9-15-25)20(26)22-10-5-13-24-11-3-4-12-24/h6-7,16-17H,2-5,8-15H2,1H3,(H,22,26). The largest absolute Gasteiger partial charge is 0.478 e. The van der Waals surface area contributed by atoms with Gasteiger partial charge in [-0.2, -0.15) is 0 Å². The number of pyridine rings is 1. The Morgan fingerprint density at radius 1 is 1.18 bits per heavy atom. The van der Waals surface area contributed by atoms with Crippen molar-refractivity contribution < 1.29 is 14.3 Å². The predicted molar refractivity (Wildman–Crippen MR) is 107 cm³/mol. The van der Waals surface area contributed by atoms with Crippen LogP contribution in [0, 0.1) is 5.92 Å². The second-order valence-corrected chi connectivity index (χ2v) is 7.58. The molecule has 0 saturated carbocycles. The highest BCUT2D eigenvalue weighted by Gasteiger charge is 2.27. The fraction of sp³-hybridized carbons (Fsp3) is 0.667. The Labute approximate surface area is 167 Å². The summed E-state index contributed by atoms with van der Waals surface area (Å²) in [5.41, 5.74) is 0.563. The maximum Gasteiger partial charge on any atom is 0.255 e. The molecule has 0 unspecified atom stereocenters. The zero-order valence-corrected chi connectivity index (χ0v) is 16.9. The van der Waals surface area contributed by atoms with E-state index in [4.69, 9.17) is 4.74 Å². The summed E-state index contributed by atoms with van der Waals surface area (Å²) in [5.74, 6) is 0.643. The van der Waals surface area contributed by atoms with Crippen LogP contribution >= 0.6 is 0 Å². The van der Waals surface area contributed by atoms with Crippen molar-refractivity contribution in [3.63, 3.8) is 0 Å². The molecule has 28 heavy (non-hydrogen) atoms.